The monoisotopic (exact) mass is 357 g/mol. The van der Waals surface area contributed by atoms with Crippen molar-refractivity contribution in [3.63, 3.8) is 0 Å². The van der Waals surface area contributed by atoms with E-state index >= 15 is 0 Å². The highest BCUT2D eigenvalue weighted by atomic mass is 16.3. The minimum atomic E-state index is 0.118. The van der Waals surface area contributed by atoms with Crippen LogP contribution >= 0.6 is 0 Å². The maximum Gasteiger partial charge on any atom is 0.129 e. The largest absolute Gasteiger partial charge is 0.457 e. The van der Waals surface area contributed by atoms with Crippen LogP contribution in [0.5, 0.6) is 0 Å². The van der Waals surface area contributed by atoms with Gasteiger partial charge in [-0.05, 0) is 16.2 Å². The highest BCUT2D eigenvalue weighted by Crippen LogP contribution is 2.28. The second kappa shape index (κ2) is 6.22. The number of nitrogens with one attached hydrogen (secondary N) is 1. The van der Waals surface area contributed by atoms with Crippen LogP contribution in [0.3, 0.4) is 0 Å². The van der Waals surface area contributed by atoms with E-state index in [1.54, 1.807) is 0 Å². The fourth-order valence-corrected chi connectivity index (χ4v) is 4.11. The molecule has 2 heterocycles. The van der Waals surface area contributed by atoms with Gasteiger partial charge < -0.3 is 9.40 Å². The third-order valence-corrected chi connectivity index (χ3v) is 5.75. The first kappa shape index (κ1) is 19.8. The van der Waals surface area contributed by atoms with Crippen LogP contribution in [0.25, 0.3) is 43.7 Å². The molecule has 5 aromatic rings. The topological polar surface area (TPSA) is 28.9 Å². The van der Waals surface area contributed by atoms with E-state index in [-0.39, 0.29) is 65.8 Å². The maximum absolute atomic E-state index is 6.59. The average Bonchev–Trinajstić information content (AvgIpc) is 3.32. The number of fused-ring (bicyclic) bond motifs is 6. The summed E-state index contributed by atoms with van der Waals surface area (Å²) in [5, 5.41) is 1.83. The molecule has 2 aromatic heterocycles. The molecule has 0 saturated heterocycles. The fraction of sp³-hybridized carbons (Fsp3) is 0. The third kappa shape index (κ3) is 2.18. The minimum absolute atomic E-state index is 0.118. The summed E-state index contributed by atoms with van der Waals surface area (Å²) in [5.41, 5.74) is 3.27. The molecule has 0 aliphatic carbocycles. The Bertz CT molecular complexity index is 1480. The zero-order valence-electron chi connectivity index (χ0n) is 15.7. The molecule has 0 aliphatic rings. The second-order valence-corrected chi connectivity index (χ2v) is 7.27. The van der Waals surface area contributed by atoms with Crippen molar-refractivity contribution in [3.05, 3.63) is 0 Å². The molecule has 0 aliphatic heterocycles. The summed E-state index contributed by atoms with van der Waals surface area (Å²) in [6, 6.07) is 0. The smallest absolute Gasteiger partial charge is 0.129 e. The molecule has 0 amide bonds. The van der Waals surface area contributed by atoms with Crippen LogP contribution in [0, 0.1) is 0 Å². The van der Waals surface area contributed by atoms with Gasteiger partial charge in [-0.25, -0.2) is 0 Å². The van der Waals surface area contributed by atoms with Gasteiger partial charge in [0.05, 0.1) is 0 Å². The number of rotatable bonds is 0. The van der Waals surface area contributed by atoms with E-state index in [0.717, 1.165) is 0 Å². The Morgan fingerprint density at radius 3 is 1.40 bits per heavy atom. The predicted octanol–water partition coefficient (Wildman–Crippen LogP) is -6.84. The Morgan fingerprint density at radius 1 is 0.367 bits per heavy atom. The molecule has 0 unspecified atom stereocenters. The van der Waals surface area contributed by atoms with E-state index in [1.165, 1.54) is 0 Å². The fourth-order valence-electron chi connectivity index (χ4n) is 4.11. The highest BCUT2D eigenvalue weighted by molar-refractivity contribution is 6.71. The summed E-state index contributed by atoms with van der Waals surface area (Å²) >= 11 is 0. The van der Waals surface area contributed by atoms with Crippen LogP contribution in [0.15, 0.2) is 4.42 Å². The molecule has 0 spiro atoms. The van der Waals surface area contributed by atoms with E-state index in [4.69, 9.17) is 82.9 Å². The van der Waals surface area contributed by atoms with Gasteiger partial charge in [-0.15, -0.1) is 21.9 Å². The summed E-state index contributed by atoms with van der Waals surface area (Å²) < 4.78 is 5.95. The SMILES string of the molecule is [B]c1c([B])c([B])c2c([nH]c3c([B])c4oc5c([B])c([B])c([B])c([B])c5c4c([B])c32)c1[B]. The van der Waals surface area contributed by atoms with Crippen molar-refractivity contribution in [3.8, 4) is 0 Å². The van der Waals surface area contributed by atoms with Gasteiger partial charge in [0.15, 0.2) is 0 Å². The number of hydrogen-bond acceptors (Lipinski definition) is 1. The third-order valence-electron chi connectivity index (χ3n) is 5.75. The Morgan fingerprint density at radius 2 is 0.767 bits per heavy atom. The number of hydrogen-bond donors (Lipinski definition) is 1. The van der Waals surface area contributed by atoms with E-state index in [2.05, 4.69) is 4.98 Å². The van der Waals surface area contributed by atoms with Crippen molar-refractivity contribution in [2.24, 2.45) is 0 Å². The molecule has 12 heteroatoms. The maximum atomic E-state index is 6.59. The van der Waals surface area contributed by atoms with Crippen LogP contribution < -0.4 is 54.6 Å². The summed E-state index contributed by atoms with van der Waals surface area (Å²) in [5.74, 6) is 0. The average molecular weight is 355 g/mol. The number of furan rings is 1. The van der Waals surface area contributed by atoms with Crippen molar-refractivity contribution in [2.45, 2.75) is 0 Å². The van der Waals surface area contributed by atoms with Crippen LogP contribution in [0.2, 0.25) is 0 Å². The lowest BCUT2D eigenvalue weighted by molar-refractivity contribution is 0.675. The van der Waals surface area contributed by atoms with Crippen molar-refractivity contribution < 1.29 is 4.42 Å². The van der Waals surface area contributed by atoms with Gasteiger partial charge in [-0.3, -0.25) is 0 Å². The van der Waals surface area contributed by atoms with Crippen LogP contribution in [0.1, 0.15) is 0 Å². The Balaban J connectivity index is 2.15. The molecule has 0 saturated carbocycles. The zero-order chi connectivity index (χ0) is 21.8. The van der Waals surface area contributed by atoms with Gasteiger partial charge >= 0.3 is 0 Å². The zero-order valence-corrected chi connectivity index (χ0v) is 15.7. The first-order valence-corrected chi connectivity index (χ1v) is 8.79. The van der Waals surface area contributed by atoms with Gasteiger partial charge in [-0.1, -0.05) is 27.3 Å². The summed E-state index contributed by atoms with van der Waals surface area (Å²) in [6.45, 7) is 0. The van der Waals surface area contributed by atoms with E-state index < -0.39 is 0 Å². The van der Waals surface area contributed by atoms with Crippen LogP contribution in [0.4, 0.5) is 0 Å². The molecule has 114 valence electrons. The van der Waals surface area contributed by atoms with E-state index in [1.807, 2.05) is 0 Å². The van der Waals surface area contributed by atoms with Crippen molar-refractivity contribution in [1.82, 2.24) is 4.98 Å². The summed E-state index contributed by atoms with van der Waals surface area (Å²) in [6.07, 6.45) is 0. The molecule has 5 rings (SSSR count). The second-order valence-electron chi connectivity index (χ2n) is 7.27. The number of benzene rings is 3. The normalized spacial score (nSPS) is 12.0. The highest BCUT2D eigenvalue weighted by Gasteiger charge is 2.23. The molecule has 20 radical (unpaired) electrons. The Hall–Kier alpha value is -2.09. The molecule has 1 N–H and O–H groups in total. The lowest BCUT2D eigenvalue weighted by Crippen LogP contribution is -2.47. The van der Waals surface area contributed by atoms with Gasteiger partial charge in [-0.2, -0.15) is 0 Å². The standard InChI is InChI=1S/C18HB10NO/c19-5-1-2-6(20)8(22)10(24)12(26)15(2)29-16(1)14(28)18-3(5)4-7(21)9(23)11(25)13(27)17(4)30-18/h29H. The molecular weight excluding hydrogens is 354 g/mol. The molecule has 0 bridgehead atoms. The van der Waals surface area contributed by atoms with Gasteiger partial charge in [0, 0.05) is 21.8 Å². The molecule has 3 aromatic carbocycles. The van der Waals surface area contributed by atoms with Gasteiger partial charge in [0.1, 0.15) is 89.6 Å². The van der Waals surface area contributed by atoms with Crippen molar-refractivity contribution in [2.75, 3.05) is 0 Å². The molecule has 2 nitrogen and oxygen atoms in total. The van der Waals surface area contributed by atoms with E-state index in [9.17, 15) is 0 Å². The van der Waals surface area contributed by atoms with Gasteiger partial charge in [0.2, 0.25) is 0 Å². The number of aromatic nitrogens is 1. The summed E-state index contributed by atoms with van der Waals surface area (Å²) in [7, 11) is 61.8. The van der Waals surface area contributed by atoms with Crippen molar-refractivity contribution >= 4 is 177 Å². The Kier molecular flexibility index (Phi) is 4.11. The predicted molar refractivity (Wildman–Crippen MR) is 137 cm³/mol. The molecule has 0 fully saturated rings. The molecular formula is C18HB10NO. The quantitative estimate of drug-likeness (QED) is 0.275. The van der Waals surface area contributed by atoms with Crippen LogP contribution in [-0.2, 0) is 0 Å². The lowest BCUT2D eigenvalue weighted by Gasteiger charge is -2.14. The summed E-state index contributed by atoms with van der Waals surface area (Å²) in [4.78, 5) is 3.14. The number of aromatic amines is 1. The minimum Gasteiger partial charge on any atom is -0.457 e. The molecule has 30 heavy (non-hydrogen) atoms. The molecule has 0 atom stereocenters. The Labute approximate surface area is 186 Å². The van der Waals surface area contributed by atoms with Gasteiger partial charge in [0.25, 0.3) is 0 Å². The van der Waals surface area contributed by atoms with Crippen LogP contribution in [-0.4, -0.2) is 83.4 Å². The lowest BCUT2D eigenvalue weighted by atomic mass is 9.64. The first-order valence-electron chi connectivity index (χ1n) is 8.79. The number of H-pyrrole nitrogens is 1. The van der Waals surface area contributed by atoms with Crippen molar-refractivity contribution in [1.29, 1.82) is 0 Å². The van der Waals surface area contributed by atoms with E-state index in [0.29, 0.717) is 32.6 Å². The first-order chi connectivity index (χ1) is 14.1.